The van der Waals surface area contributed by atoms with Crippen LogP contribution in [0.2, 0.25) is 5.02 Å². The third-order valence-corrected chi connectivity index (χ3v) is 10.5. The number of aryl methyl sites for hydroxylation is 1. The monoisotopic (exact) mass is 608 g/mol. The van der Waals surface area contributed by atoms with Gasteiger partial charge in [-0.25, -0.2) is 4.90 Å². The maximum atomic E-state index is 15.1. The molecule has 2 aliphatic heterocycles. The smallest absolute Gasteiger partial charge is 0.246 e. The van der Waals surface area contributed by atoms with Gasteiger partial charge >= 0.3 is 0 Å². The minimum Gasteiger partial charge on any atom is -0.508 e. The molecule has 0 radical (unpaired) electrons. The van der Waals surface area contributed by atoms with Crippen LogP contribution in [0.1, 0.15) is 48.8 Å². The molecule has 7 rings (SSSR count). The Morgan fingerprint density at radius 2 is 1.68 bits per heavy atom. The highest BCUT2D eigenvalue weighted by molar-refractivity contribution is 6.32. The van der Waals surface area contributed by atoms with Gasteiger partial charge < -0.3 is 5.11 Å². The summed E-state index contributed by atoms with van der Waals surface area (Å²) in [6, 6.07) is 21.5. The fraction of sp³-hybridized carbons (Fsp3) is 0.333. The number of rotatable bonds is 5. The number of likely N-dealkylation sites (tertiary alicyclic amines) is 1. The van der Waals surface area contributed by atoms with Crippen molar-refractivity contribution in [1.82, 2.24) is 4.90 Å². The molecule has 2 aliphatic carbocycles. The van der Waals surface area contributed by atoms with Crippen molar-refractivity contribution < 1.29 is 24.3 Å². The van der Waals surface area contributed by atoms with Crippen LogP contribution in [-0.4, -0.2) is 40.2 Å². The van der Waals surface area contributed by atoms with Gasteiger partial charge in [0, 0.05) is 17.5 Å². The van der Waals surface area contributed by atoms with Crippen LogP contribution < -0.4 is 4.90 Å². The molecule has 0 spiro atoms. The molecule has 3 fully saturated rings. The van der Waals surface area contributed by atoms with Crippen molar-refractivity contribution in [1.29, 1.82) is 0 Å². The van der Waals surface area contributed by atoms with Crippen molar-refractivity contribution in [2.75, 3.05) is 11.4 Å². The molecular formula is C36H33ClN2O5. The molecule has 1 N–H and O–H groups in total. The zero-order chi connectivity index (χ0) is 30.9. The maximum Gasteiger partial charge on any atom is 0.246 e. The molecule has 0 bridgehead atoms. The number of fused-ring (bicyclic) bond motifs is 4. The van der Waals surface area contributed by atoms with Gasteiger partial charge in [0.1, 0.15) is 5.75 Å². The van der Waals surface area contributed by atoms with E-state index >= 15 is 4.79 Å². The van der Waals surface area contributed by atoms with Gasteiger partial charge in [-0.3, -0.25) is 24.1 Å². The van der Waals surface area contributed by atoms with Crippen molar-refractivity contribution in [3.63, 3.8) is 0 Å². The molecular weight excluding hydrogens is 576 g/mol. The molecule has 44 heavy (non-hydrogen) atoms. The summed E-state index contributed by atoms with van der Waals surface area (Å²) in [6.45, 7) is 4.11. The highest BCUT2D eigenvalue weighted by Crippen LogP contribution is 2.64. The molecule has 224 valence electrons. The normalized spacial score (nSPS) is 29.4. The van der Waals surface area contributed by atoms with Gasteiger partial charge in [-0.15, -0.1) is 0 Å². The third-order valence-electron chi connectivity index (χ3n) is 10.3. The lowest BCUT2D eigenvalue weighted by Crippen LogP contribution is -2.53. The summed E-state index contributed by atoms with van der Waals surface area (Å²) < 4.78 is 0. The van der Waals surface area contributed by atoms with Crippen molar-refractivity contribution >= 4 is 40.9 Å². The van der Waals surface area contributed by atoms with Gasteiger partial charge in [0.15, 0.2) is 0 Å². The van der Waals surface area contributed by atoms with Crippen LogP contribution in [0, 0.1) is 30.6 Å². The lowest BCUT2D eigenvalue weighted by atomic mass is 9.49. The Balaban J connectivity index is 1.49. The summed E-state index contributed by atoms with van der Waals surface area (Å²) >= 11 is 6.35. The van der Waals surface area contributed by atoms with Crippen molar-refractivity contribution in [3.8, 4) is 5.75 Å². The van der Waals surface area contributed by atoms with Crippen LogP contribution in [0.5, 0.6) is 5.75 Å². The predicted octanol–water partition coefficient (Wildman–Crippen LogP) is 5.93. The summed E-state index contributed by atoms with van der Waals surface area (Å²) in [5, 5.41) is 10.9. The van der Waals surface area contributed by atoms with Gasteiger partial charge in [0.2, 0.25) is 23.6 Å². The van der Waals surface area contributed by atoms with Gasteiger partial charge in [-0.2, -0.15) is 0 Å². The Morgan fingerprint density at radius 3 is 2.39 bits per heavy atom. The van der Waals surface area contributed by atoms with Crippen LogP contribution in [0.3, 0.4) is 0 Å². The van der Waals surface area contributed by atoms with Crippen molar-refractivity contribution in [2.45, 2.75) is 44.4 Å². The van der Waals surface area contributed by atoms with Gasteiger partial charge in [0.25, 0.3) is 0 Å². The second-order valence-corrected chi connectivity index (χ2v) is 12.9. The molecule has 3 aromatic carbocycles. The number of halogens is 1. The van der Waals surface area contributed by atoms with Gasteiger partial charge in [0.05, 0.1) is 28.9 Å². The highest BCUT2D eigenvalue weighted by atomic mass is 35.5. The fourth-order valence-corrected chi connectivity index (χ4v) is 8.67. The number of aromatic hydroxyl groups is 1. The second-order valence-electron chi connectivity index (χ2n) is 12.5. The number of hydrogen-bond donors (Lipinski definition) is 1. The summed E-state index contributed by atoms with van der Waals surface area (Å²) in [7, 11) is 0. The summed E-state index contributed by atoms with van der Waals surface area (Å²) in [6.07, 6.45) is 3.37. The quantitative estimate of drug-likeness (QED) is 0.286. The Bertz CT molecular complexity index is 1750. The summed E-state index contributed by atoms with van der Waals surface area (Å²) in [5.74, 6) is -3.79. The molecule has 4 aliphatic rings. The third kappa shape index (κ3) is 3.88. The van der Waals surface area contributed by atoms with E-state index in [1.54, 1.807) is 37.3 Å². The minimum atomic E-state index is -1.33. The molecule has 1 saturated carbocycles. The van der Waals surface area contributed by atoms with E-state index in [-0.39, 0.29) is 35.8 Å². The number of carbonyl (C=O) groups is 4. The summed E-state index contributed by atoms with van der Waals surface area (Å²) in [5.41, 5.74) is 2.11. The van der Waals surface area contributed by atoms with Gasteiger partial charge in [-0.05, 0) is 73.1 Å². The molecule has 7 nitrogen and oxygen atoms in total. The predicted molar refractivity (Wildman–Crippen MR) is 166 cm³/mol. The Labute approximate surface area is 261 Å². The number of phenolic OH excluding ortho intramolecular Hbond substituents is 1. The number of nitrogens with zero attached hydrogens (tertiary/aromatic N) is 2. The molecule has 2 heterocycles. The molecule has 8 heteroatoms. The zero-order valence-electron chi connectivity index (χ0n) is 24.6. The largest absolute Gasteiger partial charge is 0.508 e. The molecule has 2 saturated heterocycles. The number of amides is 4. The van der Waals surface area contributed by atoms with E-state index < -0.39 is 35.0 Å². The number of imide groups is 2. The molecule has 6 unspecified atom stereocenters. The first kappa shape index (κ1) is 28.5. The Kier molecular flexibility index (Phi) is 6.77. The van der Waals surface area contributed by atoms with E-state index in [0.29, 0.717) is 41.2 Å². The van der Waals surface area contributed by atoms with Crippen LogP contribution in [0.4, 0.5) is 5.69 Å². The number of carbonyl (C=O) groups excluding carboxylic acids is 4. The average molecular weight is 609 g/mol. The van der Waals surface area contributed by atoms with E-state index in [2.05, 4.69) is 6.08 Å². The Morgan fingerprint density at radius 1 is 0.909 bits per heavy atom. The molecule has 3 aromatic rings. The highest BCUT2D eigenvalue weighted by Gasteiger charge is 2.70. The van der Waals surface area contributed by atoms with E-state index in [4.69, 9.17) is 11.6 Å². The molecule has 4 amide bonds. The average Bonchev–Trinajstić information content (AvgIpc) is 3.40. The number of hydrogen-bond acceptors (Lipinski definition) is 5. The minimum absolute atomic E-state index is 0.130. The number of benzene rings is 3. The lowest BCUT2D eigenvalue weighted by Gasteiger charge is -2.50. The molecule has 6 atom stereocenters. The SMILES string of the molecule is CCCN1C(=O)C2CC=C3C(CC4C(=O)N(c5cccc(Cl)c5)C(=O)C4(c4ccccc4)C3c3ccc(O)c(C)c3)C2C1=O. The van der Waals surface area contributed by atoms with Crippen LogP contribution >= 0.6 is 11.6 Å². The standard InChI is InChI=1S/C36H33ClN2O5/c1-3-16-38-32(41)26-14-13-25-27(30(26)34(38)43)19-28-33(42)39(24-11-7-10-23(37)18-24)35(44)36(28,22-8-5-4-6-9-22)31(25)21-12-15-29(40)20(2)17-21/h4-13,15,17-18,26-28,30-31,40H,3,14,16,19H2,1-2H3. The second kappa shape index (κ2) is 10.4. The first-order valence-corrected chi connectivity index (χ1v) is 15.6. The number of anilines is 1. The number of phenols is 1. The topological polar surface area (TPSA) is 95.0 Å². The Hall–Kier alpha value is -4.23. The van der Waals surface area contributed by atoms with Crippen molar-refractivity contribution in [3.05, 3.63) is 106 Å². The van der Waals surface area contributed by atoms with E-state index in [1.165, 1.54) is 9.80 Å². The number of allylic oxidation sites excluding steroid dienone is 2. The summed E-state index contributed by atoms with van der Waals surface area (Å²) in [4.78, 5) is 59.8. The first-order chi connectivity index (χ1) is 21.2. The first-order valence-electron chi connectivity index (χ1n) is 15.2. The van der Waals surface area contributed by atoms with Crippen molar-refractivity contribution in [2.24, 2.45) is 23.7 Å². The van der Waals surface area contributed by atoms with Gasteiger partial charge in [-0.1, -0.05) is 78.7 Å². The fourth-order valence-electron chi connectivity index (χ4n) is 8.49. The van der Waals surface area contributed by atoms with E-state index in [0.717, 1.165) is 11.1 Å². The van der Waals surface area contributed by atoms with E-state index in [9.17, 15) is 19.5 Å². The lowest BCUT2D eigenvalue weighted by molar-refractivity contribution is -0.140. The molecule has 0 aromatic heterocycles. The van der Waals surface area contributed by atoms with Crippen LogP contribution in [0.25, 0.3) is 0 Å². The maximum absolute atomic E-state index is 15.1. The van der Waals surface area contributed by atoms with Crippen LogP contribution in [0.15, 0.2) is 84.4 Å². The zero-order valence-corrected chi connectivity index (χ0v) is 25.3. The van der Waals surface area contributed by atoms with Crippen LogP contribution in [-0.2, 0) is 24.6 Å². The van der Waals surface area contributed by atoms with E-state index in [1.807, 2.05) is 49.4 Å².